The van der Waals surface area contributed by atoms with Crippen molar-refractivity contribution in [3.63, 3.8) is 0 Å². The molecule has 0 N–H and O–H groups in total. The summed E-state index contributed by atoms with van der Waals surface area (Å²) in [6.45, 7) is 4.14. The number of hydrogen-bond acceptors (Lipinski definition) is 3. The zero-order valence-corrected chi connectivity index (χ0v) is 17.6. The van der Waals surface area contributed by atoms with Crippen LogP contribution in [-0.2, 0) is 15.9 Å². The smallest absolute Gasteiger partial charge is 0.158 e. The molecule has 5 heteroatoms. The van der Waals surface area contributed by atoms with E-state index in [1.54, 1.807) is 0 Å². The molecule has 3 rings (SSSR count). The summed E-state index contributed by atoms with van der Waals surface area (Å²) in [5.41, 5.74) is 2.35. The predicted octanol–water partition coefficient (Wildman–Crippen LogP) is 6.71. The minimum Gasteiger partial charge on any atom is -0.349 e. The lowest BCUT2D eigenvalue weighted by Gasteiger charge is -2.34. The number of benzene rings is 2. The van der Waals surface area contributed by atoms with Gasteiger partial charge in [0.15, 0.2) is 6.29 Å². The van der Waals surface area contributed by atoms with Crippen molar-refractivity contribution in [2.24, 2.45) is 0 Å². The van der Waals surface area contributed by atoms with Gasteiger partial charge in [-0.25, -0.2) is 0 Å². The van der Waals surface area contributed by atoms with E-state index in [-0.39, 0.29) is 23.7 Å². The van der Waals surface area contributed by atoms with Gasteiger partial charge in [0.25, 0.3) is 0 Å². The van der Waals surface area contributed by atoms with Crippen molar-refractivity contribution in [1.82, 2.24) is 0 Å². The number of rotatable bonds is 7. The highest BCUT2D eigenvalue weighted by Gasteiger charge is 2.29. The molecular formula is C22H25Cl2O2S. The Morgan fingerprint density at radius 3 is 2.33 bits per heavy atom. The van der Waals surface area contributed by atoms with Gasteiger partial charge in [-0.3, -0.25) is 0 Å². The van der Waals surface area contributed by atoms with Crippen LogP contribution in [0.15, 0.2) is 48.5 Å². The molecule has 0 amide bonds. The average Bonchev–Trinajstić information content (AvgIpc) is 2.68. The lowest BCUT2D eigenvalue weighted by atomic mass is 10.00. The van der Waals surface area contributed by atoms with Crippen molar-refractivity contribution in [3.05, 3.63) is 76.6 Å². The molecule has 0 spiro atoms. The Kier molecular flexibility index (Phi) is 7.92. The van der Waals surface area contributed by atoms with E-state index in [0.717, 1.165) is 47.7 Å². The van der Waals surface area contributed by atoms with Crippen LogP contribution in [0.1, 0.15) is 42.1 Å². The molecule has 1 aliphatic heterocycles. The maximum absolute atomic E-state index is 6.18. The van der Waals surface area contributed by atoms with Gasteiger partial charge in [-0.2, -0.15) is 12.6 Å². The third-order valence-electron chi connectivity index (χ3n) is 4.83. The molecular weight excluding hydrogens is 399 g/mol. The van der Waals surface area contributed by atoms with E-state index in [0.29, 0.717) is 0 Å². The number of ether oxygens (including phenoxy) is 2. The summed E-state index contributed by atoms with van der Waals surface area (Å²) in [5.74, 6) is 0. The summed E-state index contributed by atoms with van der Waals surface area (Å²) in [4.78, 5) is 0. The van der Waals surface area contributed by atoms with Crippen molar-refractivity contribution in [1.29, 1.82) is 0 Å². The second kappa shape index (κ2) is 10.2. The van der Waals surface area contributed by atoms with Crippen LogP contribution < -0.4 is 0 Å². The van der Waals surface area contributed by atoms with E-state index in [1.807, 2.05) is 48.5 Å². The van der Waals surface area contributed by atoms with Crippen molar-refractivity contribution in [2.75, 3.05) is 0 Å². The lowest BCUT2D eigenvalue weighted by Crippen LogP contribution is -2.34. The summed E-state index contributed by atoms with van der Waals surface area (Å²) >= 11 is 16.7. The van der Waals surface area contributed by atoms with Gasteiger partial charge in [0.2, 0.25) is 0 Å². The summed E-state index contributed by atoms with van der Waals surface area (Å²) in [6.07, 6.45) is 4.36. The van der Waals surface area contributed by atoms with Gasteiger partial charge in [0, 0.05) is 10.0 Å². The van der Waals surface area contributed by atoms with Gasteiger partial charge in [-0.15, -0.1) is 0 Å². The first-order chi connectivity index (χ1) is 13.0. The van der Waals surface area contributed by atoms with E-state index in [4.69, 9.17) is 45.3 Å². The first kappa shape index (κ1) is 21.0. The molecule has 1 heterocycles. The second-order valence-corrected chi connectivity index (χ2v) is 8.38. The molecule has 1 saturated heterocycles. The zero-order chi connectivity index (χ0) is 19.2. The molecule has 0 aliphatic carbocycles. The van der Waals surface area contributed by atoms with Crippen LogP contribution in [-0.4, -0.2) is 18.5 Å². The Morgan fingerprint density at radius 1 is 1.04 bits per heavy atom. The highest BCUT2D eigenvalue weighted by molar-refractivity contribution is 7.80. The second-order valence-electron chi connectivity index (χ2n) is 6.95. The van der Waals surface area contributed by atoms with Crippen LogP contribution in [0, 0.1) is 6.92 Å². The fourth-order valence-corrected chi connectivity index (χ4v) is 3.93. The number of aryl methyl sites for hydroxylation is 1. The minimum absolute atomic E-state index is 0.00555. The standard InChI is InChI=1S/C22H25Cl2O2S/c1-15(5-6-16-7-11-18(23)12-8-16)25-21-4-2-3-20(26-21)22(27)17-9-13-19(24)14-10-17/h7-15,20-22,27H,1-6H2. The molecule has 145 valence electrons. The third kappa shape index (κ3) is 6.40. The van der Waals surface area contributed by atoms with Crippen LogP contribution in [0.3, 0.4) is 0 Å². The number of halogens is 2. The Labute approximate surface area is 177 Å². The molecule has 2 aromatic rings. The van der Waals surface area contributed by atoms with Gasteiger partial charge in [0.05, 0.1) is 17.5 Å². The topological polar surface area (TPSA) is 18.5 Å². The lowest BCUT2D eigenvalue weighted by molar-refractivity contribution is -0.208. The summed E-state index contributed by atoms with van der Waals surface area (Å²) in [5, 5.41) is 1.49. The molecule has 0 aromatic heterocycles. The normalized spacial score (nSPS) is 22.4. The molecule has 4 unspecified atom stereocenters. The molecule has 2 nitrogen and oxygen atoms in total. The molecule has 1 fully saturated rings. The predicted molar refractivity (Wildman–Crippen MR) is 116 cm³/mol. The number of hydrogen-bond donors (Lipinski definition) is 1. The highest BCUT2D eigenvalue weighted by Crippen LogP contribution is 2.34. The fraction of sp³-hybridized carbons (Fsp3) is 0.409. The Morgan fingerprint density at radius 2 is 1.67 bits per heavy atom. The Bertz CT molecular complexity index is 705. The van der Waals surface area contributed by atoms with Gasteiger partial charge < -0.3 is 9.47 Å². The monoisotopic (exact) mass is 423 g/mol. The van der Waals surface area contributed by atoms with Gasteiger partial charge in [-0.1, -0.05) is 47.5 Å². The quantitative estimate of drug-likeness (QED) is 0.498. The van der Waals surface area contributed by atoms with Gasteiger partial charge >= 0.3 is 0 Å². The molecule has 0 saturated carbocycles. The van der Waals surface area contributed by atoms with Gasteiger partial charge in [-0.05, 0) is 74.4 Å². The minimum atomic E-state index is -0.224. The first-order valence-corrected chi connectivity index (χ1v) is 10.6. The summed E-state index contributed by atoms with van der Waals surface area (Å²) < 4.78 is 12.2. The van der Waals surface area contributed by atoms with Crippen molar-refractivity contribution >= 4 is 35.8 Å². The Balaban J connectivity index is 1.48. The van der Waals surface area contributed by atoms with E-state index in [2.05, 4.69) is 6.92 Å². The van der Waals surface area contributed by atoms with Crippen molar-refractivity contribution in [3.8, 4) is 0 Å². The Hall–Kier alpha value is -0.710. The van der Waals surface area contributed by atoms with Crippen LogP contribution in [0.5, 0.6) is 0 Å². The molecule has 1 radical (unpaired) electrons. The van der Waals surface area contributed by atoms with Gasteiger partial charge in [0.1, 0.15) is 0 Å². The maximum Gasteiger partial charge on any atom is 0.158 e. The summed E-state index contributed by atoms with van der Waals surface area (Å²) in [6, 6.07) is 15.7. The van der Waals surface area contributed by atoms with E-state index in [1.165, 1.54) is 5.56 Å². The zero-order valence-electron chi connectivity index (χ0n) is 15.2. The number of thiol groups is 1. The van der Waals surface area contributed by atoms with Crippen LogP contribution in [0.2, 0.25) is 10.0 Å². The SMILES string of the molecule is [CH2]C(CCc1ccc(Cl)cc1)OC1CCCC(C(S)c2ccc(Cl)cc2)O1. The largest absolute Gasteiger partial charge is 0.349 e. The fourth-order valence-electron chi connectivity index (χ4n) is 3.29. The van der Waals surface area contributed by atoms with E-state index < -0.39 is 0 Å². The first-order valence-electron chi connectivity index (χ1n) is 9.33. The maximum atomic E-state index is 6.18. The van der Waals surface area contributed by atoms with E-state index in [9.17, 15) is 0 Å². The average molecular weight is 424 g/mol. The molecule has 4 atom stereocenters. The molecule has 1 aliphatic rings. The third-order valence-corrected chi connectivity index (χ3v) is 5.97. The van der Waals surface area contributed by atoms with Crippen LogP contribution in [0.4, 0.5) is 0 Å². The highest BCUT2D eigenvalue weighted by atomic mass is 35.5. The van der Waals surface area contributed by atoms with Crippen LogP contribution in [0.25, 0.3) is 0 Å². The van der Waals surface area contributed by atoms with Crippen molar-refractivity contribution in [2.45, 2.75) is 55.9 Å². The van der Waals surface area contributed by atoms with Crippen molar-refractivity contribution < 1.29 is 9.47 Å². The summed E-state index contributed by atoms with van der Waals surface area (Å²) in [7, 11) is 0. The molecule has 27 heavy (non-hydrogen) atoms. The molecule has 2 aromatic carbocycles. The van der Waals surface area contributed by atoms with E-state index >= 15 is 0 Å². The van der Waals surface area contributed by atoms with Crippen LogP contribution >= 0.6 is 35.8 Å². The molecule has 0 bridgehead atoms.